The Kier molecular flexibility index (Phi) is 7.73. The topological polar surface area (TPSA) is 91.3 Å². The molecule has 3 aromatic rings. The number of ether oxygens (including phenoxy) is 1. The minimum absolute atomic E-state index is 0.0122. The van der Waals surface area contributed by atoms with E-state index in [1.165, 1.54) is 0 Å². The van der Waals surface area contributed by atoms with Crippen LogP contribution in [0.4, 0.5) is 23.1 Å². The van der Waals surface area contributed by atoms with E-state index in [9.17, 15) is 0 Å². The molecule has 2 aromatic carbocycles. The van der Waals surface area contributed by atoms with Crippen molar-refractivity contribution in [1.29, 1.82) is 0 Å². The van der Waals surface area contributed by atoms with Gasteiger partial charge in [-0.3, -0.25) is 4.72 Å². The maximum atomic E-state index is 8.84. The first kappa shape index (κ1) is 22.9. The number of anilines is 4. The monoisotopic (exact) mass is 439 g/mol. The van der Waals surface area contributed by atoms with Crippen LogP contribution in [0.15, 0.2) is 59.6 Å². The SMILES string of the molecule is Cc1cnc(Nc2ccc(OCCO)cc2)nc1Nc1cccc(SNC(C)(C)C)c1. The van der Waals surface area contributed by atoms with Gasteiger partial charge in [-0.1, -0.05) is 6.07 Å². The van der Waals surface area contributed by atoms with Gasteiger partial charge in [-0.25, -0.2) is 4.98 Å². The molecule has 164 valence electrons. The molecule has 0 spiro atoms. The second-order valence-corrected chi connectivity index (χ2v) is 8.93. The fourth-order valence-corrected chi connectivity index (χ4v) is 3.30. The van der Waals surface area contributed by atoms with Crippen LogP contribution in [0.5, 0.6) is 5.75 Å². The minimum Gasteiger partial charge on any atom is -0.491 e. The van der Waals surface area contributed by atoms with Gasteiger partial charge in [0.1, 0.15) is 18.2 Å². The summed E-state index contributed by atoms with van der Waals surface area (Å²) < 4.78 is 8.81. The molecule has 0 atom stereocenters. The molecule has 3 rings (SSSR count). The van der Waals surface area contributed by atoms with E-state index in [0.717, 1.165) is 27.7 Å². The average molecular weight is 440 g/mol. The third-order valence-electron chi connectivity index (χ3n) is 4.01. The summed E-state index contributed by atoms with van der Waals surface area (Å²) in [5.41, 5.74) is 2.78. The zero-order chi connectivity index (χ0) is 22.3. The van der Waals surface area contributed by atoms with Crippen LogP contribution in [-0.4, -0.2) is 33.8 Å². The molecule has 0 bridgehead atoms. The second-order valence-electron chi connectivity index (χ2n) is 8.05. The third-order valence-corrected chi connectivity index (χ3v) is 5.22. The molecule has 0 aliphatic heterocycles. The quantitative estimate of drug-likeness (QED) is 0.345. The van der Waals surface area contributed by atoms with Crippen LogP contribution in [0.2, 0.25) is 0 Å². The summed E-state index contributed by atoms with van der Waals surface area (Å²) >= 11 is 1.61. The number of benzene rings is 2. The summed E-state index contributed by atoms with van der Waals surface area (Å²) in [6, 6.07) is 15.6. The van der Waals surface area contributed by atoms with Gasteiger partial charge in [-0.15, -0.1) is 0 Å². The van der Waals surface area contributed by atoms with Crippen LogP contribution in [0, 0.1) is 6.92 Å². The fraction of sp³-hybridized carbons (Fsp3) is 0.304. The van der Waals surface area contributed by atoms with E-state index in [2.05, 4.69) is 58.2 Å². The summed E-state index contributed by atoms with van der Waals surface area (Å²) in [6.07, 6.45) is 1.79. The number of aliphatic hydroxyl groups excluding tert-OH is 1. The molecule has 0 amide bonds. The highest BCUT2D eigenvalue weighted by Crippen LogP contribution is 2.25. The van der Waals surface area contributed by atoms with Crippen LogP contribution < -0.4 is 20.1 Å². The second kappa shape index (κ2) is 10.5. The van der Waals surface area contributed by atoms with E-state index in [1.54, 1.807) is 18.1 Å². The molecule has 1 heterocycles. The Morgan fingerprint density at radius 1 is 1.03 bits per heavy atom. The van der Waals surface area contributed by atoms with Crippen molar-refractivity contribution in [3.63, 3.8) is 0 Å². The molecular weight excluding hydrogens is 410 g/mol. The Morgan fingerprint density at radius 2 is 1.81 bits per heavy atom. The normalized spacial score (nSPS) is 11.3. The molecule has 0 unspecified atom stereocenters. The largest absolute Gasteiger partial charge is 0.491 e. The van der Waals surface area contributed by atoms with Crippen LogP contribution >= 0.6 is 11.9 Å². The van der Waals surface area contributed by atoms with Crippen LogP contribution in [0.1, 0.15) is 26.3 Å². The number of aryl methyl sites for hydroxylation is 1. The molecule has 1 aromatic heterocycles. The van der Waals surface area contributed by atoms with Crippen molar-refractivity contribution in [2.75, 3.05) is 23.8 Å². The lowest BCUT2D eigenvalue weighted by Gasteiger charge is -2.19. The fourth-order valence-electron chi connectivity index (χ4n) is 2.54. The molecule has 31 heavy (non-hydrogen) atoms. The summed E-state index contributed by atoms with van der Waals surface area (Å²) in [5.74, 6) is 1.94. The number of nitrogens with zero attached hydrogens (tertiary/aromatic N) is 2. The molecule has 0 radical (unpaired) electrons. The van der Waals surface area contributed by atoms with Gasteiger partial charge in [-0.05, 0) is 82.1 Å². The Labute approximate surface area is 187 Å². The lowest BCUT2D eigenvalue weighted by molar-refractivity contribution is 0.201. The maximum absolute atomic E-state index is 8.84. The Balaban J connectivity index is 1.68. The van der Waals surface area contributed by atoms with Gasteiger partial charge in [-0.2, -0.15) is 4.98 Å². The molecule has 0 fully saturated rings. The standard InChI is InChI=1S/C23H29N5O2S/c1-16-15-24-22(26-17-8-10-19(11-9-17)30-13-12-29)27-21(16)25-18-6-5-7-20(14-18)31-28-23(2,3)4/h5-11,14-15,28-29H,12-13H2,1-4H3,(H2,24,25,26,27). The number of hydrogen-bond acceptors (Lipinski definition) is 8. The van der Waals surface area contributed by atoms with Crippen molar-refractivity contribution in [3.8, 4) is 5.75 Å². The first-order valence-corrected chi connectivity index (χ1v) is 10.9. The molecule has 0 saturated carbocycles. The summed E-state index contributed by atoms with van der Waals surface area (Å²) in [4.78, 5) is 10.1. The van der Waals surface area contributed by atoms with Crippen LogP contribution in [0.25, 0.3) is 0 Å². The van der Waals surface area contributed by atoms with Crippen molar-refractivity contribution in [2.24, 2.45) is 0 Å². The van der Waals surface area contributed by atoms with Gasteiger partial charge in [0.2, 0.25) is 5.95 Å². The first-order chi connectivity index (χ1) is 14.8. The third kappa shape index (κ3) is 7.43. The first-order valence-electron chi connectivity index (χ1n) is 10.1. The Hall–Kier alpha value is -2.81. The number of rotatable bonds is 9. The van der Waals surface area contributed by atoms with E-state index in [4.69, 9.17) is 9.84 Å². The van der Waals surface area contributed by atoms with Crippen LogP contribution in [-0.2, 0) is 0 Å². The highest BCUT2D eigenvalue weighted by molar-refractivity contribution is 7.97. The Bertz CT molecular complexity index is 990. The van der Waals surface area contributed by atoms with E-state index in [1.807, 2.05) is 43.3 Å². The van der Waals surface area contributed by atoms with Crippen molar-refractivity contribution >= 4 is 35.1 Å². The number of hydrogen-bond donors (Lipinski definition) is 4. The van der Waals surface area contributed by atoms with Gasteiger partial charge >= 0.3 is 0 Å². The van der Waals surface area contributed by atoms with Crippen molar-refractivity contribution in [2.45, 2.75) is 38.1 Å². The zero-order valence-electron chi connectivity index (χ0n) is 18.3. The molecule has 0 aliphatic carbocycles. The van der Waals surface area contributed by atoms with Gasteiger partial charge in [0.15, 0.2) is 0 Å². The average Bonchev–Trinajstić information content (AvgIpc) is 2.74. The van der Waals surface area contributed by atoms with Crippen molar-refractivity contribution in [1.82, 2.24) is 14.7 Å². The molecule has 0 aliphatic rings. The highest BCUT2D eigenvalue weighted by Gasteiger charge is 2.10. The summed E-state index contributed by atoms with van der Waals surface area (Å²) in [6.45, 7) is 8.64. The van der Waals surface area contributed by atoms with Gasteiger partial charge in [0.25, 0.3) is 0 Å². The zero-order valence-corrected chi connectivity index (χ0v) is 19.1. The Morgan fingerprint density at radius 3 is 2.52 bits per heavy atom. The van der Waals surface area contributed by atoms with Gasteiger partial charge in [0, 0.05) is 33.6 Å². The molecule has 7 nitrogen and oxygen atoms in total. The number of nitrogens with one attached hydrogen (secondary N) is 3. The predicted octanol–water partition coefficient (Wildman–Crippen LogP) is 5.04. The van der Waals surface area contributed by atoms with E-state index < -0.39 is 0 Å². The van der Waals surface area contributed by atoms with E-state index in [-0.39, 0.29) is 18.8 Å². The maximum Gasteiger partial charge on any atom is 0.229 e. The number of aromatic nitrogens is 2. The summed E-state index contributed by atoms with van der Waals surface area (Å²) in [7, 11) is 0. The predicted molar refractivity (Wildman–Crippen MR) is 128 cm³/mol. The minimum atomic E-state index is -0.0122. The van der Waals surface area contributed by atoms with Crippen LogP contribution in [0.3, 0.4) is 0 Å². The molecule has 8 heteroatoms. The van der Waals surface area contributed by atoms with Gasteiger partial charge < -0.3 is 20.5 Å². The molecule has 0 saturated heterocycles. The number of aliphatic hydroxyl groups is 1. The van der Waals surface area contributed by atoms with E-state index in [0.29, 0.717) is 11.7 Å². The van der Waals surface area contributed by atoms with E-state index >= 15 is 0 Å². The molecule has 4 N–H and O–H groups in total. The van der Waals surface area contributed by atoms with Crippen molar-refractivity contribution in [3.05, 3.63) is 60.3 Å². The smallest absolute Gasteiger partial charge is 0.229 e. The van der Waals surface area contributed by atoms with Gasteiger partial charge in [0.05, 0.1) is 6.61 Å². The van der Waals surface area contributed by atoms with Crippen molar-refractivity contribution < 1.29 is 9.84 Å². The summed E-state index contributed by atoms with van der Waals surface area (Å²) in [5, 5.41) is 15.4. The lowest BCUT2D eigenvalue weighted by atomic mass is 10.1. The molecular formula is C23H29N5O2S. The highest BCUT2D eigenvalue weighted by atomic mass is 32.2. The lowest BCUT2D eigenvalue weighted by Crippen LogP contribution is -2.29.